The van der Waals surface area contributed by atoms with Gasteiger partial charge in [-0.3, -0.25) is 9.59 Å². The average molecular weight is 266 g/mol. The summed E-state index contributed by atoms with van der Waals surface area (Å²) in [7, 11) is 1.45. The number of benzene rings is 1. The van der Waals surface area contributed by atoms with Gasteiger partial charge in [-0.05, 0) is 31.2 Å². The maximum absolute atomic E-state index is 11.4. The molecule has 0 heterocycles. The number of hydrogen-bond donors (Lipinski definition) is 2. The third-order valence-electron chi connectivity index (χ3n) is 2.17. The second-order valence-electron chi connectivity index (χ2n) is 3.74. The highest BCUT2D eigenvalue weighted by Crippen LogP contribution is 2.13. The third-order valence-corrected chi connectivity index (χ3v) is 2.17. The molecule has 0 unspecified atom stereocenters. The Hall–Kier alpha value is -1.92. The summed E-state index contributed by atoms with van der Waals surface area (Å²) in [4.78, 5) is 22.7. The van der Waals surface area contributed by atoms with Gasteiger partial charge in [0.15, 0.2) is 0 Å². The quantitative estimate of drug-likeness (QED) is 0.778. The van der Waals surface area contributed by atoms with Crippen LogP contribution in [0.1, 0.15) is 6.92 Å². The monoisotopic (exact) mass is 266 g/mol. The molecule has 0 aliphatic carbocycles. The van der Waals surface area contributed by atoms with Crippen molar-refractivity contribution >= 4 is 23.2 Å². The lowest BCUT2D eigenvalue weighted by atomic mass is 10.2. The van der Waals surface area contributed by atoms with Gasteiger partial charge in [0, 0.05) is 25.1 Å². The van der Waals surface area contributed by atoms with E-state index in [9.17, 15) is 9.59 Å². The van der Waals surface area contributed by atoms with E-state index in [1.165, 1.54) is 7.11 Å². The summed E-state index contributed by atoms with van der Waals surface area (Å²) < 4.78 is 9.69. The molecular formula is C13H18N2O4. The minimum absolute atomic E-state index is 0.00679. The second-order valence-corrected chi connectivity index (χ2v) is 3.74. The van der Waals surface area contributed by atoms with Crippen molar-refractivity contribution in [2.75, 3.05) is 37.6 Å². The zero-order chi connectivity index (χ0) is 14.1. The van der Waals surface area contributed by atoms with Crippen LogP contribution in [-0.2, 0) is 19.1 Å². The lowest BCUT2D eigenvalue weighted by Crippen LogP contribution is -2.18. The highest BCUT2D eigenvalue weighted by Gasteiger charge is 2.03. The topological polar surface area (TPSA) is 76.7 Å². The van der Waals surface area contributed by atoms with E-state index in [-0.39, 0.29) is 25.0 Å². The van der Waals surface area contributed by atoms with E-state index >= 15 is 0 Å². The van der Waals surface area contributed by atoms with Gasteiger partial charge in [0.05, 0.1) is 0 Å². The first-order chi connectivity index (χ1) is 9.15. The first-order valence-corrected chi connectivity index (χ1v) is 5.92. The highest BCUT2D eigenvalue weighted by molar-refractivity contribution is 5.93. The number of amides is 2. The van der Waals surface area contributed by atoms with Crippen molar-refractivity contribution in [3.05, 3.63) is 24.3 Å². The van der Waals surface area contributed by atoms with Crippen LogP contribution in [0.3, 0.4) is 0 Å². The molecule has 0 aliphatic rings. The Kier molecular flexibility index (Phi) is 6.56. The SMILES string of the molecule is CCOCC(=O)Nc1ccc(NC(=O)COC)cc1. The minimum Gasteiger partial charge on any atom is -0.375 e. The maximum atomic E-state index is 11.4. The summed E-state index contributed by atoms with van der Waals surface area (Å²) in [5.41, 5.74) is 1.29. The van der Waals surface area contributed by atoms with Crippen molar-refractivity contribution in [1.29, 1.82) is 0 Å². The summed E-state index contributed by atoms with van der Waals surface area (Å²) in [5, 5.41) is 5.34. The van der Waals surface area contributed by atoms with Crippen LogP contribution >= 0.6 is 0 Å². The predicted molar refractivity (Wildman–Crippen MR) is 72.1 cm³/mol. The van der Waals surface area contributed by atoms with E-state index in [0.717, 1.165) is 0 Å². The Morgan fingerprint density at radius 1 is 1.00 bits per heavy atom. The number of ether oxygens (including phenoxy) is 2. The van der Waals surface area contributed by atoms with E-state index in [1.54, 1.807) is 24.3 Å². The lowest BCUT2D eigenvalue weighted by molar-refractivity contribution is -0.120. The van der Waals surface area contributed by atoms with E-state index in [2.05, 4.69) is 10.6 Å². The zero-order valence-electron chi connectivity index (χ0n) is 11.1. The van der Waals surface area contributed by atoms with Crippen LogP contribution in [0.25, 0.3) is 0 Å². The van der Waals surface area contributed by atoms with E-state index in [0.29, 0.717) is 18.0 Å². The van der Waals surface area contributed by atoms with Gasteiger partial charge in [-0.2, -0.15) is 0 Å². The molecule has 19 heavy (non-hydrogen) atoms. The molecule has 0 spiro atoms. The van der Waals surface area contributed by atoms with Gasteiger partial charge < -0.3 is 20.1 Å². The van der Waals surface area contributed by atoms with Crippen molar-refractivity contribution in [2.45, 2.75) is 6.92 Å². The van der Waals surface area contributed by atoms with Gasteiger partial charge >= 0.3 is 0 Å². The van der Waals surface area contributed by atoms with Gasteiger partial charge in [0.25, 0.3) is 0 Å². The molecule has 0 radical (unpaired) electrons. The highest BCUT2D eigenvalue weighted by atomic mass is 16.5. The fourth-order valence-electron chi connectivity index (χ4n) is 1.36. The van der Waals surface area contributed by atoms with Gasteiger partial charge in [0.2, 0.25) is 11.8 Å². The normalized spacial score (nSPS) is 10.0. The molecule has 0 saturated carbocycles. The first kappa shape index (κ1) is 15.1. The number of carbonyl (C=O) groups is 2. The number of rotatable bonds is 7. The summed E-state index contributed by atoms with van der Waals surface area (Å²) in [6.07, 6.45) is 0. The Labute approximate surface area is 112 Å². The van der Waals surface area contributed by atoms with Gasteiger partial charge in [-0.1, -0.05) is 0 Å². The summed E-state index contributed by atoms with van der Waals surface area (Å²) in [6.45, 7) is 2.36. The molecule has 2 N–H and O–H groups in total. The van der Waals surface area contributed by atoms with Crippen LogP contribution in [0.5, 0.6) is 0 Å². The fraction of sp³-hybridized carbons (Fsp3) is 0.385. The Bertz CT molecular complexity index is 417. The molecule has 2 amide bonds. The standard InChI is InChI=1S/C13H18N2O4/c1-3-19-9-13(17)15-11-6-4-10(5-7-11)14-12(16)8-18-2/h4-7H,3,8-9H2,1-2H3,(H,14,16)(H,15,17). The summed E-state index contributed by atoms with van der Waals surface area (Å²) in [5.74, 6) is -0.436. The zero-order valence-corrected chi connectivity index (χ0v) is 11.1. The number of methoxy groups -OCH3 is 1. The number of carbonyl (C=O) groups excluding carboxylic acids is 2. The van der Waals surface area contributed by atoms with Crippen molar-refractivity contribution in [3.63, 3.8) is 0 Å². The molecule has 0 aromatic heterocycles. The molecule has 6 heteroatoms. The molecule has 104 valence electrons. The number of hydrogen-bond acceptors (Lipinski definition) is 4. The Morgan fingerprint density at radius 2 is 1.47 bits per heavy atom. The van der Waals surface area contributed by atoms with E-state index in [1.807, 2.05) is 6.92 Å². The fourth-order valence-corrected chi connectivity index (χ4v) is 1.36. The first-order valence-electron chi connectivity index (χ1n) is 5.92. The average Bonchev–Trinajstić information content (AvgIpc) is 2.39. The Morgan fingerprint density at radius 3 is 1.89 bits per heavy atom. The van der Waals surface area contributed by atoms with Crippen LogP contribution in [0.15, 0.2) is 24.3 Å². The van der Waals surface area contributed by atoms with Crippen molar-refractivity contribution < 1.29 is 19.1 Å². The Balaban J connectivity index is 2.47. The summed E-state index contributed by atoms with van der Waals surface area (Å²) in [6, 6.07) is 6.80. The molecule has 1 aromatic rings. The second kappa shape index (κ2) is 8.23. The molecule has 0 aliphatic heterocycles. The number of anilines is 2. The molecule has 0 fully saturated rings. The van der Waals surface area contributed by atoms with Crippen LogP contribution in [0.2, 0.25) is 0 Å². The van der Waals surface area contributed by atoms with Crippen molar-refractivity contribution in [2.24, 2.45) is 0 Å². The van der Waals surface area contributed by atoms with Crippen molar-refractivity contribution in [3.8, 4) is 0 Å². The smallest absolute Gasteiger partial charge is 0.250 e. The van der Waals surface area contributed by atoms with Gasteiger partial charge in [0.1, 0.15) is 13.2 Å². The number of nitrogens with one attached hydrogen (secondary N) is 2. The minimum atomic E-state index is -0.226. The molecule has 6 nitrogen and oxygen atoms in total. The van der Waals surface area contributed by atoms with Gasteiger partial charge in [-0.25, -0.2) is 0 Å². The van der Waals surface area contributed by atoms with E-state index in [4.69, 9.17) is 9.47 Å². The molecule has 1 rings (SSSR count). The maximum Gasteiger partial charge on any atom is 0.250 e. The predicted octanol–water partition coefficient (Wildman–Crippen LogP) is 1.25. The molecular weight excluding hydrogens is 248 g/mol. The van der Waals surface area contributed by atoms with Crippen LogP contribution < -0.4 is 10.6 Å². The van der Waals surface area contributed by atoms with Crippen LogP contribution in [0.4, 0.5) is 11.4 Å². The van der Waals surface area contributed by atoms with Gasteiger partial charge in [-0.15, -0.1) is 0 Å². The molecule has 0 saturated heterocycles. The molecule has 0 atom stereocenters. The van der Waals surface area contributed by atoms with Crippen LogP contribution in [0, 0.1) is 0 Å². The summed E-state index contributed by atoms with van der Waals surface area (Å²) >= 11 is 0. The largest absolute Gasteiger partial charge is 0.375 e. The molecule has 0 bridgehead atoms. The van der Waals surface area contributed by atoms with E-state index < -0.39 is 0 Å². The van der Waals surface area contributed by atoms with Crippen LogP contribution in [-0.4, -0.2) is 38.7 Å². The molecule has 1 aromatic carbocycles. The van der Waals surface area contributed by atoms with Crippen molar-refractivity contribution in [1.82, 2.24) is 0 Å². The lowest BCUT2D eigenvalue weighted by Gasteiger charge is -2.07. The third kappa shape index (κ3) is 5.98.